The minimum Gasteiger partial charge on any atom is -0.385 e. The predicted molar refractivity (Wildman–Crippen MR) is 70.6 cm³/mol. The maximum Gasteiger partial charge on any atom is 0.416 e. The van der Waals surface area contributed by atoms with Crippen LogP contribution in [0.15, 0.2) is 24.3 Å². The lowest BCUT2D eigenvalue weighted by Gasteiger charge is -2.18. The van der Waals surface area contributed by atoms with Crippen LogP contribution in [0.25, 0.3) is 0 Å². The third kappa shape index (κ3) is 5.48. The molecule has 114 valence electrons. The van der Waals surface area contributed by atoms with Crippen LogP contribution in [0.5, 0.6) is 0 Å². The van der Waals surface area contributed by atoms with Crippen molar-refractivity contribution in [3.63, 3.8) is 0 Å². The number of ether oxygens (including phenoxy) is 2. The lowest BCUT2D eigenvalue weighted by Crippen LogP contribution is -2.22. The Labute approximate surface area is 117 Å². The van der Waals surface area contributed by atoms with Crippen LogP contribution in [0.1, 0.15) is 23.6 Å². The summed E-state index contributed by atoms with van der Waals surface area (Å²) in [5.74, 6) is 0. The first-order valence-corrected chi connectivity index (χ1v) is 6.40. The summed E-state index contributed by atoms with van der Waals surface area (Å²) in [6.45, 7) is 1.44. The van der Waals surface area contributed by atoms with Gasteiger partial charge in [-0.05, 0) is 31.2 Å². The van der Waals surface area contributed by atoms with Gasteiger partial charge in [-0.15, -0.1) is 0 Å². The van der Waals surface area contributed by atoms with Gasteiger partial charge in [0.2, 0.25) is 0 Å². The zero-order chi connectivity index (χ0) is 15.0. The number of rotatable bonds is 8. The molecule has 0 aliphatic rings. The summed E-state index contributed by atoms with van der Waals surface area (Å²) in [6, 6.07) is 5.03. The average molecular weight is 291 g/mol. The Hall–Kier alpha value is -1.11. The summed E-state index contributed by atoms with van der Waals surface area (Å²) in [5.41, 5.74) is -0.0799. The van der Waals surface area contributed by atoms with E-state index in [9.17, 15) is 13.2 Å². The molecule has 0 spiro atoms. The van der Waals surface area contributed by atoms with E-state index in [1.165, 1.54) is 6.07 Å². The third-order valence-electron chi connectivity index (χ3n) is 2.89. The summed E-state index contributed by atoms with van der Waals surface area (Å²) < 4.78 is 48.3. The van der Waals surface area contributed by atoms with Crippen LogP contribution in [-0.2, 0) is 15.7 Å². The van der Waals surface area contributed by atoms with E-state index in [4.69, 9.17) is 9.47 Å². The number of hydrogen-bond acceptors (Lipinski definition) is 3. The third-order valence-corrected chi connectivity index (χ3v) is 2.89. The lowest BCUT2D eigenvalue weighted by atomic mass is 10.0. The van der Waals surface area contributed by atoms with Gasteiger partial charge in [-0.1, -0.05) is 12.1 Å². The second-order valence-corrected chi connectivity index (χ2v) is 4.39. The summed E-state index contributed by atoms with van der Waals surface area (Å²) in [6.07, 6.45) is -3.57. The Morgan fingerprint density at radius 3 is 2.60 bits per heavy atom. The maximum atomic E-state index is 12.7. The second-order valence-electron chi connectivity index (χ2n) is 4.39. The number of likely N-dealkylation sites (N-methyl/N-ethyl adjacent to an activating group) is 1. The molecule has 0 aromatic heterocycles. The van der Waals surface area contributed by atoms with E-state index < -0.39 is 11.7 Å². The number of alkyl halides is 3. The molecule has 0 amide bonds. The standard InChI is InChI=1S/C14H20F3NO2/c1-18-13(10-20-8-4-7-19-2)11-5-3-6-12(9-11)14(15,16)17/h3,5-6,9,13,18H,4,7-8,10H2,1-2H3. The molecule has 0 saturated heterocycles. The first-order valence-electron chi connectivity index (χ1n) is 6.40. The summed E-state index contributed by atoms with van der Waals surface area (Å²) >= 11 is 0. The Kier molecular flexibility index (Phi) is 6.98. The number of nitrogens with one attached hydrogen (secondary N) is 1. The van der Waals surface area contributed by atoms with E-state index in [2.05, 4.69) is 5.32 Å². The number of halogens is 3. The van der Waals surface area contributed by atoms with E-state index >= 15 is 0 Å². The monoisotopic (exact) mass is 291 g/mol. The fourth-order valence-corrected chi connectivity index (χ4v) is 1.78. The molecule has 1 unspecified atom stereocenters. The molecule has 20 heavy (non-hydrogen) atoms. The van der Waals surface area contributed by atoms with Crippen molar-refractivity contribution < 1.29 is 22.6 Å². The largest absolute Gasteiger partial charge is 0.416 e. The summed E-state index contributed by atoms with van der Waals surface area (Å²) in [7, 11) is 3.31. The molecule has 3 nitrogen and oxygen atoms in total. The van der Waals surface area contributed by atoms with Gasteiger partial charge in [-0.3, -0.25) is 0 Å². The molecule has 1 aromatic carbocycles. The molecule has 1 N–H and O–H groups in total. The molecule has 6 heteroatoms. The zero-order valence-electron chi connectivity index (χ0n) is 11.7. The number of methoxy groups -OCH3 is 1. The average Bonchev–Trinajstić information content (AvgIpc) is 2.42. The molecular formula is C14H20F3NO2. The van der Waals surface area contributed by atoms with Crippen molar-refractivity contribution in [1.82, 2.24) is 5.32 Å². The van der Waals surface area contributed by atoms with Gasteiger partial charge < -0.3 is 14.8 Å². The molecule has 0 radical (unpaired) electrons. The molecule has 0 aliphatic carbocycles. The molecule has 1 rings (SSSR count). The highest BCUT2D eigenvalue weighted by atomic mass is 19.4. The highest BCUT2D eigenvalue weighted by Gasteiger charge is 2.30. The summed E-state index contributed by atoms with van der Waals surface area (Å²) in [5, 5.41) is 2.96. The summed E-state index contributed by atoms with van der Waals surface area (Å²) in [4.78, 5) is 0. The normalized spacial score (nSPS) is 13.4. The van der Waals surface area contributed by atoms with Crippen molar-refractivity contribution in [3.8, 4) is 0 Å². The fraction of sp³-hybridized carbons (Fsp3) is 0.571. The molecule has 0 fully saturated rings. The van der Waals surface area contributed by atoms with Gasteiger partial charge in [-0.25, -0.2) is 0 Å². The Balaban J connectivity index is 2.61. The molecular weight excluding hydrogens is 271 g/mol. The Bertz CT molecular complexity index is 396. The highest BCUT2D eigenvalue weighted by molar-refractivity contribution is 5.28. The van der Waals surface area contributed by atoms with E-state index in [0.717, 1.165) is 18.6 Å². The van der Waals surface area contributed by atoms with Crippen molar-refractivity contribution >= 4 is 0 Å². The Morgan fingerprint density at radius 2 is 2.00 bits per heavy atom. The molecule has 0 heterocycles. The van der Waals surface area contributed by atoms with E-state index in [1.54, 1.807) is 20.2 Å². The van der Waals surface area contributed by atoms with Crippen LogP contribution in [-0.4, -0.2) is 34.0 Å². The molecule has 0 aliphatic heterocycles. The Morgan fingerprint density at radius 1 is 1.25 bits per heavy atom. The SMILES string of the molecule is CNC(COCCCOC)c1cccc(C(F)(F)F)c1. The first-order chi connectivity index (χ1) is 9.49. The van der Waals surface area contributed by atoms with Crippen LogP contribution in [0.4, 0.5) is 13.2 Å². The van der Waals surface area contributed by atoms with Crippen molar-refractivity contribution in [2.24, 2.45) is 0 Å². The van der Waals surface area contributed by atoms with E-state index in [1.807, 2.05) is 0 Å². The van der Waals surface area contributed by atoms with Crippen LogP contribution < -0.4 is 5.32 Å². The topological polar surface area (TPSA) is 30.5 Å². The smallest absolute Gasteiger partial charge is 0.385 e. The number of benzene rings is 1. The van der Waals surface area contributed by atoms with Crippen molar-refractivity contribution in [3.05, 3.63) is 35.4 Å². The van der Waals surface area contributed by atoms with Crippen molar-refractivity contribution in [2.45, 2.75) is 18.6 Å². The lowest BCUT2D eigenvalue weighted by molar-refractivity contribution is -0.137. The van der Waals surface area contributed by atoms with Gasteiger partial charge in [0, 0.05) is 20.3 Å². The molecule has 0 saturated carbocycles. The van der Waals surface area contributed by atoms with Gasteiger partial charge >= 0.3 is 6.18 Å². The van der Waals surface area contributed by atoms with Crippen LogP contribution >= 0.6 is 0 Å². The van der Waals surface area contributed by atoms with E-state index in [-0.39, 0.29) is 6.04 Å². The number of hydrogen-bond donors (Lipinski definition) is 1. The van der Waals surface area contributed by atoms with Gasteiger partial charge in [-0.2, -0.15) is 13.2 Å². The quantitative estimate of drug-likeness (QED) is 0.747. The van der Waals surface area contributed by atoms with Crippen LogP contribution in [0.2, 0.25) is 0 Å². The zero-order valence-corrected chi connectivity index (χ0v) is 11.7. The van der Waals surface area contributed by atoms with E-state index in [0.29, 0.717) is 25.4 Å². The minimum atomic E-state index is -4.33. The fourth-order valence-electron chi connectivity index (χ4n) is 1.78. The molecule has 1 atom stereocenters. The molecule has 1 aromatic rings. The molecule has 0 bridgehead atoms. The second kappa shape index (κ2) is 8.24. The predicted octanol–water partition coefficient (Wildman–Crippen LogP) is 3.02. The van der Waals surface area contributed by atoms with Crippen LogP contribution in [0.3, 0.4) is 0 Å². The highest BCUT2D eigenvalue weighted by Crippen LogP contribution is 2.30. The van der Waals surface area contributed by atoms with Gasteiger partial charge in [0.25, 0.3) is 0 Å². The van der Waals surface area contributed by atoms with Crippen LogP contribution in [0, 0.1) is 0 Å². The van der Waals surface area contributed by atoms with Gasteiger partial charge in [0.05, 0.1) is 18.2 Å². The van der Waals surface area contributed by atoms with Gasteiger partial charge in [0.15, 0.2) is 0 Å². The van der Waals surface area contributed by atoms with Crippen molar-refractivity contribution in [2.75, 3.05) is 34.0 Å². The minimum absolute atomic E-state index is 0.264. The maximum absolute atomic E-state index is 12.7. The van der Waals surface area contributed by atoms with Gasteiger partial charge in [0.1, 0.15) is 0 Å². The van der Waals surface area contributed by atoms with Crippen molar-refractivity contribution in [1.29, 1.82) is 0 Å². The first kappa shape index (κ1) is 16.9.